The number of carbonyl (C=O) groups excluding carboxylic acids is 3. The average molecular weight is 606 g/mol. The molecule has 5 N–H and O–H groups in total. The first-order valence-electron chi connectivity index (χ1n) is 12.1. The minimum Gasteiger partial charge on any atom is -0.489 e. The number of fused-ring (bicyclic) bond motifs is 2. The quantitative estimate of drug-likeness (QED) is 0.211. The molecule has 0 radical (unpaired) electrons. The average Bonchev–Trinajstić information content (AvgIpc) is 3.49. The number of ether oxygens (including phenoxy) is 1. The molecule has 2 atom stereocenters. The number of nitrogens with zero attached hydrogens (tertiary/aromatic N) is 2. The molecular formula is C27H20ClF4N5O5. The minimum atomic E-state index is -5.30. The Morgan fingerprint density at radius 2 is 1.86 bits per heavy atom. The Balaban J connectivity index is 1.63. The van der Waals surface area contributed by atoms with Crippen LogP contribution in [0.1, 0.15) is 28.5 Å². The van der Waals surface area contributed by atoms with E-state index in [1.165, 1.54) is 25.1 Å². The number of alkyl halides is 3. The van der Waals surface area contributed by atoms with Gasteiger partial charge in [-0.2, -0.15) is 18.2 Å². The molecule has 0 bridgehead atoms. The standard InChI is InChI=1S/C27H20ClF4N5O5/c1-25(23(33)40)11-41-21-15(25)8-18(36-19(21)12-2-4-14(29)5-3-12)26(10-38,27(30,31)32)9-35-22(39)13-6-16(28)20-17(7-13)42-24(34)37-20/h2-8,10H,9,11H2,1H3,(H2,33,40)(H2,34,37)(H,35,39)/t25-,26?/m0/s1. The van der Waals surface area contributed by atoms with Crippen molar-refractivity contribution in [2.24, 2.45) is 5.73 Å². The molecule has 2 aromatic heterocycles. The van der Waals surface area contributed by atoms with Gasteiger partial charge in [0.15, 0.2) is 11.0 Å². The summed E-state index contributed by atoms with van der Waals surface area (Å²) in [4.78, 5) is 45.8. The van der Waals surface area contributed by atoms with Gasteiger partial charge in [0.25, 0.3) is 11.9 Å². The van der Waals surface area contributed by atoms with E-state index < -0.39 is 46.9 Å². The SMILES string of the molecule is C[C@]1(C(N)=O)COc2c1cc(C(C=O)(CNC(=O)c1cc(Cl)c3nc(N)oc3c1)C(F)(F)F)nc2-c1ccc(F)cc1. The number of pyridine rings is 1. The van der Waals surface area contributed by atoms with Crippen LogP contribution < -0.4 is 21.5 Å². The molecule has 10 nitrogen and oxygen atoms in total. The number of nitrogen functional groups attached to an aromatic ring is 1. The molecule has 4 aromatic rings. The summed E-state index contributed by atoms with van der Waals surface area (Å²) in [5.41, 5.74) is 5.10. The van der Waals surface area contributed by atoms with Crippen LogP contribution in [0.4, 0.5) is 23.6 Å². The van der Waals surface area contributed by atoms with Gasteiger partial charge in [-0.05, 0) is 49.4 Å². The van der Waals surface area contributed by atoms with Gasteiger partial charge >= 0.3 is 6.18 Å². The highest BCUT2D eigenvalue weighted by atomic mass is 35.5. The van der Waals surface area contributed by atoms with Crippen molar-refractivity contribution in [1.29, 1.82) is 0 Å². The number of hydrogen-bond acceptors (Lipinski definition) is 8. The molecule has 0 aliphatic carbocycles. The van der Waals surface area contributed by atoms with Gasteiger partial charge in [0.1, 0.15) is 41.1 Å². The number of aromatic nitrogens is 2. The number of nitrogens with two attached hydrogens (primary N) is 2. The van der Waals surface area contributed by atoms with E-state index in [4.69, 9.17) is 32.2 Å². The number of oxazole rings is 1. The molecule has 2 amide bonds. The van der Waals surface area contributed by atoms with Gasteiger partial charge in [-0.1, -0.05) is 11.6 Å². The molecule has 3 heterocycles. The van der Waals surface area contributed by atoms with Crippen molar-refractivity contribution in [3.8, 4) is 17.0 Å². The van der Waals surface area contributed by atoms with Crippen molar-refractivity contribution in [2.75, 3.05) is 18.9 Å². The van der Waals surface area contributed by atoms with Crippen molar-refractivity contribution < 1.29 is 41.1 Å². The van der Waals surface area contributed by atoms with Gasteiger partial charge in [0, 0.05) is 23.2 Å². The van der Waals surface area contributed by atoms with E-state index in [2.05, 4.69) is 15.3 Å². The molecule has 0 saturated heterocycles. The third kappa shape index (κ3) is 4.57. The number of anilines is 1. The van der Waals surface area contributed by atoms with E-state index in [-0.39, 0.29) is 63.2 Å². The molecule has 42 heavy (non-hydrogen) atoms. The van der Waals surface area contributed by atoms with Crippen LogP contribution in [-0.2, 0) is 20.4 Å². The summed E-state index contributed by atoms with van der Waals surface area (Å²) < 4.78 is 68.9. The zero-order valence-corrected chi connectivity index (χ0v) is 22.3. The summed E-state index contributed by atoms with van der Waals surface area (Å²) in [6.07, 6.45) is -5.69. The number of hydrogen-bond donors (Lipinski definition) is 3. The molecule has 2 aromatic carbocycles. The maximum Gasteiger partial charge on any atom is 0.408 e. The molecule has 0 saturated carbocycles. The maximum absolute atomic E-state index is 14.8. The lowest BCUT2D eigenvalue weighted by molar-refractivity contribution is -0.186. The number of rotatable bonds is 7. The molecule has 15 heteroatoms. The number of nitrogens with one attached hydrogen (secondary N) is 1. The topological polar surface area (TPSA) is 163 Å². The lowest BCUT2D eigenvalue weighted by atomic mass is 9.78. The zero-order chi connectivity index (χ0) is 30.6. The number of primary amides is 1. The largest absolute Gasteiger partial charge is 0.489 e. The van der Waals surface area contributed by atoms with E-state index >= 15 is 0 Å². The van der Waals surface area contributed by atoms with Crippen LogP contribution in [0.3, 0.4) is 0 Å². The first-order valence-corrected chi connectivity index (χ1v) is 12.5. The van der Waals surface area contributed by atoms with E-state index in [9.17, 15) is 31.9 Å². The highest BCUT2D eigenvalue weighted by Gasteiger charge is 2.59. The number of carbonyl (C=O) groups is 3. The molecule has 1 aliphatic rings. The fraction of sp³-hybridized carbons (Fsp3) is 0.222. The third-order valence-corrected chi connectivity index (χ3v) is 7.44. The van der Waals surface area contributed by atoms with Crippen LogP contribution in [0, 0.1) is 5.82 Å². The van der Waals surface area contributed by atoms with Gasteiger partial charge in [0.05, 0.1) is 10.7 Å². The highest BCUT2D eigenvalue weighted by Crippen LogP contribution is 2.48. The van der Waals surface area contributed by atoms with E-state index in [1.807, 2.05) is 0 Å². The van der Waals surface area contributed by atoms with Crippen molar-refractivity contribution in [2.45, 2.75) is 23.9 Å². The maximum atomic E-state index is 14.8. The Morgan fingerprint density at radius 3 is 2.48 bits per heavy atom. The Bertz CT molecular complexity index is 1760. The van der Waals surface area contributed by atoms with Gasteiger partial charge in [-0.3, -0.25) is 9.59 Å². The van der Waals surface area contributed by atoms with Crippen molar-refractivity contribution >= 4 is 46.8 Å². The number of benzene rings is 2. The first-order chi connectivity index (χ1) is 19.7. The summed E-state index contributed by atoms with van der Waals surface area (Å²) in [6, 6.07) is 7.60. The molecule has 1 aliphatic heterocycles. The summed E-state index contributed by atoms with van der Waals surface area (Å²) in [5, 5.41) is 2.07. The summed E-state index contributed by atoms with van der Waals surface area (Å²) in [6.45, 7) is -0.244. The van der Waals surface area contributed by atoms with Crippen molar-refractivity contribution in [3.63, 3.8) is 0 Å². The second-order valence-electron chi connectivity index (χ2n) is 9.85. The Morgan fingerprint density at radius 1 is 1.17 bits per heavy atom. The zero-order valence-electron chi connectivity index (χ0n) is 21.5. The minimum absolute atomic E-state index is 0.0117. The van der Waals surface area contributed by atoms with Crippen LogP contribution in [0.15, 0.2) is 46.9 Å². The predicted molar refractivity (Wildman–Crippen MR) is 141 cm³/mol. The molecule has 1 unspecified atom stereocenters. The van der Waals surface area contributed by atoms with Crippen molar-refractivity contribution in [1.82, 2.24) is 15.3 Å². The van der Waals surface area contributed by atoms with Gasteiger partial charge in [0.2, 0.25) is 5.91 Å². The normalized spacial score (nSPS) is 17.8. The molecule has 5 rings (SSSR count). The second-order valence-corrected chi connectivity index (χ2v) is 10.3. The smallest absolute Gasteiger partial charge is 0.408 e. The summed E-state index contributed by atoms with van der Waals surface area (Å²) in [5.74, 6) is -2.61. The van der Waals surface area contributed by atoms with E-state index in [0.29, 0.717) is 0 Å². The molecule has 0 spiro atoms. The predicted octanol–water partition coefficient (Wildman–Crippen LogP) is 3.83. The lowest BCUT2D eigenvalue weighted by Crippen LogP contribution is -2.53. The number of aldehydes is 1. The third-order valence-electron chi connectivity index (χ3n) is 7.15. The van der Waals surface area contributed by atoms with Crippen LogP contribution in [0.5, 0.6) is 5.75 Å². The lowest BCUT2D eigenvalue weighted by Gasteiger charge is -2.31. The Hall–Kier alpha value is -4.72. The van der Waals surface area contributed by atoms with Crippen LogP contribution in [0.2, 0.25) is 5.02 Å². The van der Waals surface area contributed by atoms with Gasteiger partial charge < -0.3 is 30.7 Å². The summed E-state index contributed by atoms with van der Waals surface area (Å²) in [7, 11) is 0. The number of halogens is 5. The fourth-order valence-electron chi connectivity index (χ4n) is 4.58. The van der Waals surface area contributed by atoms with Crippen LogP contribution in [0.25, 0.3) is 22.4 Å². The van der Waals surface area contributed by atoms with Gasteiger partial charge in [-0.25, -0.2) is 9.37 Å². The van der Waals surface area contributed by atoms with Crippen LogP contribution in [-0.4, -0.2) is 47.4 Å². The number of amides is 2. The molecular weight excluding hydrogens is 586 g/mol. The van der Waals surface area contributed by atoms with Crippen molar-refractivity contribution in [3.05, 3.63) is 70.1 Å². The second kappa shape index (κ2) is 9.98. The molecule has 0 fully saturated rings. The summed E-state index contributed by atoms with van der Waals surface area (Å²) >= 11 is 6.12. The highest BCUT2D eigenvalue weighted by molar-refractivity contribution is 6.35. The van der Waals surface area contributed by atoms with E-state index in [1.54, 1.807) is 0 Å². The Kier molecular flexibility index (Phi) is 6.84. The molecule has 218 valence electrons. The fourth-order valence-corrected chi connectivity index (χ4v) is 4.84. The first kappa shape index (κ1) is 28.8. The Labute approximate surface area is 239 Å². The van der Waals surface area contributed by atoms with E-state index in [0.717, 1.165) is 24.3 Å². The van der Waals surface area contributed by atoms with Crippen LogP contribution >= 0.6 is 11.6 Å². The monoisotopic (exact) mass is 605 g/mol. The van der Waals surface area contributed by atoms with Gasteiger partial charge in [-0.15, -0.1) is 0 Å².